The topological polar surface area (TPSA) is 9.23 Å². The Morgan fingerprint density at radius 1 is 0.906 bits per heavy atom. The minimum atomic E-state index is 0.236. The molecule has 1 saturated carbocycles. The van der Waals surface area contributed by atoms with Crippen LogP contribution >= 0.6 is 0 Å². The summed E-state index contributed by atoms with van der Waals surface area (Å²) in [5.41, 5.74) is 5.67. The Labute approximate surface area is 197 Å². The third-order valence-electron chi connectivity index (χ3n) is 7.35. The summed E-state index contributed by atoms with van der Waals surface area (Å²) in [7, 11) is 1.81. The van der Waals surface area contributed by atoms with Crippen LogP contribution in [0.5, 0.6) is 0 Å². The van der Waals surface area contributed by atoms with E-state index in [1.54, 1.807) is 0 Å². The molecule has 3 rings (SSSR count). The third kappa shape index (κ3) is 7.62. The Bertz CT molecular complexity index is 774. The lowest BCUT2D eigenvalue weighted by Crippen LogP contribution is -2.13. The lowest BCUT2D eigenvalue weighted by atomic mass is 9.77. The van der Waals surface area contributed by atoms with E-state index in [1.165, 1.54) is 86.5 Å². The number of hydrogen-bond donors (Lipinski definition) is 0. The highest BCUT2D eigenvalue weighted by atomic mass is 16.5. The maximum Gasteiger partial charge on any atom is 0.0818 e. The lowest BCUT2D eigenvalue weighted by Gasteiger charge is -2.29. The zero-order valence-corrected chi connectivity index (χ0v) is 20.7. The summed E-state index contributed by atoms with van der Waals surface area (Å²) in [5, 5.41) is 0. The molecule has 0 spiro atoms. The summed E-state index contributed by atoms with van der Waals surface area (Å²) in [6, 6.07) is 18.5. The summed E-state index contributed by atoms with van der Waals surface area (Å²) in [4.78, 5) is 0. The molecule has 0 heterocycles. The molecule has 0 N–H and O–H groups in total. The van der Waals surface area contributed by atoms with Crippen LogP contribution in [0.4, 0.5) is 0 Å². The molecule has 0 aliphatic heterocycles. The molecule has 0 radical (unpaired) electrons. The SMILES string of the molecule is CCC/C=C/c1ccc(CCCCC2CCC(c3ccc(C(CC)OC)cc3)CC2)cc1. The fourth-order valence-corrected chi connectivity index (χ4v) is 5.25. The Morgan fingerprint density at radius 2 is 1.62 bits per heavy atom. The molecular formula is C31H44O. The minimum absolute atomic E-state index is 0.236. The van der Waals surface area contributed by atoms with Gasteiger partial charge in [-0.25, -0.2) is 0 Å². The van der Waals surface area contributed by atoms with Gasteiger partial charge in [-0.05, 0) is 85.5 Å². The second kappa shape index (κ2) is 13.6. The van der Waals surface area contributed by atoms with Crippen molar-refractivity contribution in [1.29, 1.82) is 0 Å². The van der Waals surface area contributed by atoms with Crippen LogP contribution in [0.1, 0.15) is 112 Å². The molecule has 1 nitrogen and oxygen atoms in total. The highest BCUT2D eigenvalue weighted by Crippen LogP contribution is 2.38. The number of allylic oxidation sites excluding steroid dienone is 1. The second-order valence-electron chi connectivity index (χ2n) is 9.70. The largest absolute Gasteiger partial charge is 0.377 e. The van der Waals surface area contributed by atoms with Gasteiger partial charge in [0.15, 0.2) is 0 Å². The monoisotopic (exact) mass is 432 g/mol. The van der Waals surface area contributed by atoms with Crippen molar-refractivity contribution >= 4 is 6.08 Å². The Hall–Kier alpha value is -1.86. The first-order valence-corrected chi connectivity index (χ1v) is 13.1. The summed E-state index contributed by atoms with van der Waals surface area (Å²) >= 11 is 0. The summed E-state index contributed by atoms with van der Waals surface area (Å²) in [5.74, 6) is 1.70. The van der Waals surface area contributed by atoms with Crippen molar-refractivity contribution in [1.82, 2.24) is 0 Å². The van der Waals surface area contributed by atoms with E-state index in [2.05, 4.69) is 74.5 Å². The molecule has 2 aromatic rings. The molecule has 0 aromatic heterocycles. The van der Waals surface area contributed by atoms with E-state index in [4.69, 9.17) is 4.74 Å². The molecule has 2 aromatic carbocycles. The van der Waals surface area contributed by atoms with Crippen LogP contribution < -0.4 is 0 Å². The Kier molecular flexibility index (Phi) is 10.6. The van der Waals surface area contributed by atoms with Crippen molar-refractivity contribution in [3.63, 3.8) is 0 Å². The Balaban J connectivity index is 1.34. The second-order valence-corrected chi connectivity index (χ2v) is 9.70. The van der Waals surface area contributed by atoms with E-state index in [-0.39, 0.29) is 6.10 Å². The maximum atomic E-state index is 5.58. The molecule has 0 bridgehead atoms. The van der Waals surface area contributed by atoms with Crippen molar-refractivity contribution in [2.75, 3.05) is 7.11 Å². The van der Waals surface area contributed by atoms with Gasteiger partial charge >= 0.3 is 0 Å². The molecular weight excluding hydrogens is 388 g/mol. The number of unbranched alkanes of at least 4 members (excludes halogenated alkanes) is 2. The van der Waals surface area contributed by atoms with Crippen LogP contribution in [0.2, 0.25) is 0 Å². The molecule has 1 aliphatic carbocycles. The van der Waals surface area contributed by atoms with E-state index in [9.17, 15) is 0 Å². The van der Waals surface area contributed by atoms with Gasteiger partial charge in [-0.2, -0.15) is 0 Å². The highest BCUT2D eigenvalue weighted by molar-refractivity contribution is 5.49. The van der Waals surface area contributed by atoms with Gasteiger partial charge in [0.2, 0.25) is 0 Å². The smallest absolute Gasteiger partial charge is 0.0818 e. The standard InChI is InChI=1S/C31H44O/c1-4-6-7-10-25-13-15-26(16-14-25)11-8-9-12-27-17-19-28(20-18-27)29-21-23-30(24-22-29)31(5-2)32-3/h7,10,13-16,21-24,27-28,31H,4-6,8-9,11-12,17-20H2,1-3H3/b10-7+. The van der Waals surface area contributed by atoms with Gasteiger partial charge < -0.3 is 4.74 Å². The normalized spacial score (nSPS) is 20.0. The van der Waals surface area contributed by atoms with E-state index < -0.39 is 0 Å². The minimum Gasteiger partial charge on any atom is -0.377 e. The van der Waals surface area contributed by atoms with Gasteiger partial charge in [-0.1, -0.05) is 93.8 Å². The molecule has 1 unspecified atom stereocenters. The molecule has 0 amide bonds. The van der Waals surface area contributed by atoms with Gasteiger partial charge in [0.25, 0.3) is 0 Å². The average Bonchev–Trinajstić information content (AvgIpc) is 2.84. The molecule has 1 fully saturated rings. The predicted octanol–water partition coefficient (Wildman–Crippen LogP) is 9.28. The van der Waals surface area contributed by atoms with Crippen LogP contribution in [-0.4, -0.2) is 7.11 Å². The number of aryl methyl sites for hydroxylation is 1. The van der Waals surface area contributed by atoms with Crippen LogP contribution in [-0.2, 0) is 11.2 Å². The van der Waals surface area contributed by atoms with E-state index in [0.717, 1.165) is 18.3 Å². The average molecular weight is 433 g/mol. The number of benzene rings is 2. The number of ether oxygens (including phenoxy) is 1. The van der Waals surface area contributed by atoms with Gasteiger partial charge in [0.1, 0.15) is 0 Å². The number of hydrogen-bond acceptors (Lipinski definition) is 1. The lowest BCUT2D eigenvalue weighted by molar-refractivity contribution is 0.100. The van der Waals surface area contributed by atoms with Crippen molar-refractivity contribution in [2.24, 2.45) is 5.92 Å². The first kappa shape index (κ1) is 24.8. The number of rotatable bonds is 12. The van der Waals surface area contributed by atoms with Crippen LogP contribution in [0.25, 0.3) is 6.08 Å². The third-order valence-corrected chi connectivity index (χ3v) is 7.35. The number of methoxy groups -OCH3 is 1. The first-order chi connectivity index (χ1) is 15.7. The zero-order chi connectivity index (χ0) is 22.6. The van der Waals surface area contributed by atoms with Gasteiger partial charge in [-0.3, -0.25) is 0 Å². The predicted molar refractivity (Wildman–Crippen MR) is 139 cm³/mol. The van der Waals surface area contributed by atoms with Crippen molar-refractivity contribution in [3.8, 4) is 0 Å². The summed E-state index contributed by atoms with van der Waals surface area (Å²) in [6.45, 7) is 4.41. The summed E-state index contributed by atoms with van der Waals surface area (Å²) < 4.78 is 5.58. The van der Waals surface area contributed by atoms with Crippen molar-refractivity contribution in [2.45, 2.75) is 96.5 Å². The quantitative estimate of drug-likeness (QED) is 0.304. The van der Waals surface area contributed by atoms with Crippen molar-refractivity contribution < 1.29 is 4.74 Å². The molecule has 0 saturated heterocycles. The van der Waals surface area contributed by atoms with Gasteiger partial charge in [0, 0.05) is 7.11 Å². The van der Waals surface area contributed by atoms with E-state index in [0.29, 0.717) is 0 Å². The van der Waals surface area contributed by atoms with Gasteiger partial charge in [-0.15, -0.1) is 0 Å². The molecule has 1 heteroatoms. The van der Waals surface area contributed by atoms with Crippen LogP contribution in [0.15, 0.2) is 54.6 Å². The fraction of sp³-hybridized carbons (Fsp3) is 0.548. The van der Waals surface area contributed by atoms with Crippen LogP contribution in [0.3, 0.4) is 0 Å². The highest BCUT2D eigenvalue weighted by Gasteiger charge is 2.22. The fourth-order valence-electron chi connectivity index (χ4n) is 5.25. The molecule has 1 atom stereocenters. The maximum absolute atomic E-state index is 5.58. The zero-order valence-electron chi connectivity index (χ0n) is 20.7. The van der Waals surface area contributed by atoms with Crippen molar-refractivity contribution in [3.05, 3.63) is 76.9 Å². The molecule has 174 valence electrons. The van der Waals surface area contributed by atoms with Crippen LogP contribution in [0, 0.1) is 5.92 Å². The molecule has 1 aliphatic rings. The summed E-state index contributed by atoms with van der Waals surface area (Å²) in [6.07, 6.45) is 19.0. The van der Waals surface area contributed by atoms with Gasteiger partial charge in [0.05, 0.1) is 6.10 Å². The first-order valence-electron chi connectivity index (χ1n) is 13.1. The Morgan fingerprint density at radius 3 is 2.25 bits per heavy atom. The van der Waals surface area contributed by atoms with E-state index >= 15 is 0 Å². The molecule has 32 heavy (non-hydrogen) atoms. The van der Waals surface area contributed by atoms with E-state index in [1.807, 2.05) is 7.11 Å².